The molecule has 0 bridgehead atoms. The predicted molar refractivity (Wildman–Crippen MR) is 85.8 cm³/mol. The van der Waals surface area contributed by atoms with E-state index in [9.17, 15) is 5.26 Å². The zero-order valence-corrected chi connectivity index (χ0v) is 13.7. The third-order valence-electron chi connectivity index (χ3n) is 4.96. The molecule has 1 heterocycles. The minimum atomic E-state index is 0.216. The Kier molecular flexibility index (Phi) is 5.63. The number of nitriles is 1. The van der Waals surface area contributed by atoms with Crippen molar-refractivity contribution in [2.45, 2.75) is 58.0 Å². The Bertz CT molecular complexity index is 434. The second-order valence-corrected chi connectivity index (χ2v) is 7.22. The highest BCUT2D eigenvalue weighted by atomic mass is 32.1. The lowest BCUT2D eigenvalue weighted by molar-refractivity contribution is 0.0924. The van der Waals surface area contributed by atoms with Crippen molar-refractivity contribution in [1.29, 1.82) is 5.26 Å². The lowest BCUT2D eigenvalue weighted by Crippen LogP contribution is -2.46. The maximum Gasteiger partial charge on any atom is 0.0672 e. The largest absolute Gasteiger partial charge is 0.299 e. The fourth-order valence-corrected chi connectivity index (χ4v) is 4.22. The molecule has 0 spiro atoms. The standard InChI is InChI=1S/C17H26N2S/c1-4-14-7-8-15(12-18)17(11-14)19(3)13(2)10-16-6-5-9-20-16/h5-6,9,13-15,17H,4,7-8,10-11H2,1-3H3. The van der Waals surface area contributed by atoms with Gasteiger partial charge in [-0.3, -0.25) is 4.90 Å². The summed E-state index contributed by atoms with van der Waals surface area (Å²) >= 11 is 1.84. The van der Waals surface area contributed by atoms with Crippen LogP contribution in [0.4, 0.5) is 0 Å². The summed E-state index contributed by atoms with van der Waals surface area (Å²) in [4.78, 5) is 3.91. The summed E-state index contributed by atoms with van der Waals surface area (Å²) in [7, 11) is 2.21. The Labute approximate surface area is 127 Å². The zero-order valence-electron chi connectivity index (χ0n) is 12.9. The topological polar surface area (TPSA) is 27.0 Å². The molecule has 0 amide bonds. The molecule has 20 heavy (non-hydrogen) atoms. The molecular weight excluding hydrogens is 264 g/mol. The molecule has 0 N–H and O–H groups in total. The first-order chi connectivity index (χ1) is 9.65. The van der Waals surface area contributed by atoms with Gasteiger partial charge in [0.15, 0.2) is 0 Å². The van der Waals surface area contributed by atoms with Crippen LogP contribution < -0.4 is 0 Å². The van der Waals surface area contributed by atoms with Crippen molar-refractivity contribution in [1.82, 2.24) is 4.90 Å². The molecule has 4 unspecified atom stereocenters. The summed E-state index contributed by atoms with van der Waals surface area (Å²) in [6, 6.07) is 7.84. The van der Waals surface area contributed by atoms with Crippen LogP contribution in [0.5, 0.6) is 0 Å². The summed E-state index contributed by atoms with van der Waals surface area (Å²) in [6.45, 7) is 4.58. The molecule has 1 saturated carbocycles. The number of hydrogen-bond donors (Lipinski definition) is 0. The van der Waals surface area contributed by atoms with Crippen molar-refractivity contribution >= 4 is 11.3 Å². The molecule has 2 rings (SSSR count). The van der Waals surface area contributed by atoms with Gasteiger partial charge in [0.1, 0.15) is 0 Å². The molecule has 110 valence electrons. The van der Waals surface area contributed by atoms with Gasteiger partial charge in [-0.2, -0.15) is 5.26 Å². The number of thiophene rings is 1. The monoisotopic (exact) mass is 290 g/mol. The summed E-state index contributed by atoms with van der Waals surface area (Å²) in [5, 5.41) is 11.6. The molecule has 0 aromatic carbocycles. The van der Waals surface area contributed by atoms with Crippen LogP contribution in [-0.4, -0.2) is 24.0 Å². The first-order valence-corrected chi connectivity index (χ1v) is 8.67. The molecule has 0 aliphatic heterocycles. The highest BCUT2D eigenvalue weighted by Gasteiger charge is 2.34. The van der Waals surface area contributed by atoms with Gasteiger partial charge in [0.25, 0.3) is 0 Å². The fraction of sp³-hybridized carbons (Fsp3) is 0.706. The van der Waals surface area contributed by atoms with Gasteiger partial charge in [-0.25, -0.2) is 0 Å². The number of hydrogen-bond acceptors (Lipinski definition) is 3. The van der Waals surface area contributed by atoms with Crippen molar-refractivity contribution in [3.8, 4) is 6.07 Å². The van der Waals surface area contributed by atoms with Gasteiger partial charge in [0.2, 0.25) is 0 Å². The molecule has 2 nitrogen and oxygen atoms in total. The molecule has 3 heteroatoms. The number of nitrogens with zero attached hydrogens (tertiary/aromatic N) is 2. The van der Waals surface area contributed by atoms with E-state index in [0.717, 1.165) is 18.8 Å². The second-order valence-electron chi connectivity index (χ2n) is 6.19. The van der Waals surface area contributed by atoms with Gasteiger partial charge in [-0.1, -0.05) is 19.4 Å². The van der Waals surface area contributed by atoms with E-state index in [1.165, 1.54) is 24.1 Å². The van der Waals surface area contributed by atoms with Crippen molar-refractivity contribution in [2.24, 2.45) is 11.8 Å². The summed E-state index contributed by atoms with van der Waals surface area (Å²) in [5.74, 6) is 1.02. The quantitative estimate of drug-likeness (QED) is 0.807. The van der Waals surface area contributed by atoms with Gasteiger partial charge >= 0.3 is 0 Å². The lowest BCUT2D eigenvalue weighted by Gasteiger charge is -2.41. The van der Waals surface area contributed by atoms with E-state index in [2.05, 4.69) is 49.4 Å². The van der Waals surface area contributed by atoms with Gasteiger partial charge < -0.3 is 0 Å². The maximum absolute atomic E-state index is 9.43. The molecule has 1 aromatic heterocycles. The predicted octanol–water partition coefficient (Wildman–Crippen LogP) is 4.33. The first kappa shape index (κ1) is 15.5. The first-order valence-electron chi connectivity index (χ1n) is 7.79. The smallest absolute Gasteiger partial charge is 0.0672 e. The van der Waals surface area contributed by atoms with Crippen molar-refractivity contribution in [2.75, 3.05) is 7.05 Å². The third kappa shape index (κ3) is 3.62. The van der Waals surface area contributed by atoms with Gasteiger partial charge in [-0.05, 0) is 57.0 Å². The third-order valence-corrected chi connectivity index (χ3v) is 5.86. The normalized spacial score (nSPS) is 28.2. The van der Waals surface area contributed by atoms with Crippen molar-refractivity contribution < 1.29 is 0 Å². The van der Waals surface area contributed by atoms with Crippen molar-refractivity contribution in [3.05, 3.63) is 22.4 Å². The highest BCUT2D eigenvalue weighted by Crippen LogP contribution is 2.34. The second kappa shape index (κ2) is 7.24. The molecule has 1 aliphatic rings. The minimum Gasteiger partial charge on any atom is -0.299 e. The molecule has 1 aromatic rings. The molecular formula is C17H26N2S. The average Bonchev–Trinajstić information content (AvgIpc) is 2.98. The Morgan fingerprint density at radius 3 is 2.90 bits per heavy atom. The van der Waals surface area contributed by atoms with Crippen LogP contribution in [0.15, 0.2) is 17.5 Å². The molecule has 4 atom stereocenters. The van der Waals surface area contributed by atoms with E-state index in [1.807, 2.05) is 11.3 Å². The molecule has 0 radical (unpaired) electrons. The Balaban J connectivity index is 2.00. The van der Waals surface area contributed by atoms with Gasteiger partial charge in [0, 0.05) is 17.0 Å². The lowest BCUT2D eigenvalue weighted by atomic mass is 9.77. The average molecular weight is 290 g/mol. The van der Waals surface area contributed by atoms with Crippen molar-refractivity contribution in [3.63, 3.8) is 0 Å². The number of rotatable bonds is 5. The Morgan fingerprint density at radius 2 is 2.30 bits per heavy atom. The number of likely N-dealkylation sites (N-methyl/N-ethyl adjacent to an activating group) is 1. The minimum absolute atomic E-state index is 0.216. The highest BCUT2D eigenvalue weighted by molar-refractivity contribution is 7.09. The molecule has 1 aliphatic carbocycles. The summed E-state index contributed by atoms with van der Waals surface area (Å²) in [6.07, 6.45) is 5.86. The SMILES string of the molecule is CCC1CCC(C#N)C(N(C)C(C)Cc2cccs2)C1. The van der Waals surface area contributed by atoms with Crippen LogP contribution in [-0.2, 0) is 6.42 Å². The van der Waals surface area contributed by atoms with E-state index >= 15 is 0 Å². The van der Waals surface area contributed by atoms with Crippen LogP contribution in [0.3, 0.4) is 0 Å². The van der Waals surface area contributed by atoms with Gasteiger partial charge in [0.05, 0.1) is 12.0 Å². The van der Waals surface area contributed by atoms with E-state index in [-0.39, 0.29) is 5.92 Å². The van der Waals surface area contributed by atoms with Crippen LogP contribution in [0.2, 0.25) is 0 Å². The fourth-order valence-electron chi connectivity index (χ4n) is 3.39. The van der Waals surface area contributed by atoms with Gasteiger partial charge in [-0.15, -0.1) is 11.3 Å². The van der Waals surface area contributed by atoms with E-state index in [1.54, 1.807) is 0 Å². The molecule has 1 fully saturated rings. The van der Waals surface area contributed by atoms with E-state index in [0.29, 0.717) is 12.1 Å². The zero-order chi connectivity index (χ0) is 14.5. The Hall–Kier alpha value is -0.850. The van der Waals surface area contributed by atoms with Crippen LogP contribution in [0.25, 0.3) is 0 Å². The van der Waals surface area contributed by atoms with Crippen LogP contribution >= 0.6 is 11.3 Å². The maximum atomic E-state index is 9.43. The molecule has 0 saturated heterocycles. The Morgan fingerprint density at radius 1 is 1.50 bits per heavy atom. The van der Waals surface area contributed by atoms with Crippen LogP contribution in [0.1, 0.15) is 44.4 Å². The summed E-state index contributed by atoms with van der Waals surface area (Å²) < 4.78 is 0. The van der Waals surface area contributed by atoms with E-state index < -0.39 is 0 Å². The van der Waals surface area contributed by atoms with E-state index in [4.69, 9.17) is 0 Å². The summed E-state index contributed by atoms with van der Waals surface area (Å²) in [5.41, 5.74) is 0. The van der Waals surface area contributed by atoms with Crippen LogP contribution in [0, 0.1) is 23.2 Å².